The summed E-state index contributed by atoms with van der Waals surface area (Å²) in [5, 5.41) is 12.8. The Morgan fingerprint density at radius 3 is 1.86 bits per heavy atom. The van der Waals surface area contributed by atoms with Crippen molar-refractivity contribution in [2.75, 3.05) is 20.6 Å². The highest BCUT2D eigenvalue weighted by molar-refractivity contribution is 5.82. The van der Waals surface area contributed by atoms with Crippen LogP contribution in [0.2, 0.25) is 0 Å². The minimum atomic E-state index is -0.829. The first-order valence-corrected chi connectivity index (χ1v) is 7.92. The molecule has 0 fully saturated rings. The first-order valence-electron chi connectivity index (χ1n) is 7.92. The number of nitrogens with zero attached hydrogens (tertiary/aromatic N) is 1. The van der Waals surface area contributed by atoms with Crippen LogP contribution in [0.25, 0.3) is 0 Å². The zero-order valence-electron chi connectivity index (χ0n) is 15.4. The van der Waals surface area contributed by atoms with Crippen molar-refractivity contribution < 1.29 is 14.7 Å². The molecule has 0 aliphatic heterocycles. The molecule has 128 valence electrons. The van der Waals surface area contributed by atoms with Gasteiger partial charge in [0.05, 0.1) is 12.1 Å². The molecule has 0 spiro atoms. The molecule has 0 saturated heterocycles. The molecule has 0 radical (unpaired) electrons. The van der Waals surface area contributed by atoms with Gasteiger partial charge in [-0.2, -0.15) is 0 Å². The van der Waals surface area contributed by atoms with Gasteiger partial charge in [0.25, 0.3) is 0 Å². The third-order valence-corrected chi connectivity index (χ3v) is 2.76. The first-order chi connectivity index (χ1) is 9.81. The van der Waals surface area contributed by atoms with Crippen LogP contribution >= 0.6 is 0 Å². The number of likely N-dealkylation sites (N-methyl/N-ethyl adjacent to an activating group) is 1. The third kappa shape index (κ3) is 11.4. The number of hydrogen-bond acceptors (Lipinski definition) is 4. The van der Waals surface area contributed by atoms with Crippen LogP contribution in [0.5, 0.6) is 0 Å². The van der Waals surface area contributed by atoms with E-state index in [0.29, 0.717) is 6.54 Å². The number of ketones is 1. The second-order valence-electron chi connectivity index (χ2n) is 4.64. The average molecular weight is 304 g/mol. The minimum Gasteiger partial charge on any atom is -0.391 e. The molecule has 0 rings (SSSR count). The van der Waals surface area contributed by atoms with Gasteiger partial charge in [-0.1, -0.05) is 34.6 Å². The molecule has 0 bridgehead atoms. The monoisotopic (exact) mass is 304 g/mol. The molecule has 0 aliphatic rings. The second-order valence-corrected chi connectivity index (χ2v) is 4.64. The molecule has 0 aromatic heterocycles. The Hall–Kier alpha value is -0.940. The van der Waals surface area contributed by atoms with E-state index < -0.39 is 12.1 Å². The van der Waals surface area contributed by atoms with E-state index in [4.69, 9.17) is 0 Å². The molecule has 0 aromatic rings. The lowest BCUT2D eigenvalue weighted by Gasteiger charge is -2.30. The lowest BCUT2D eigenvalue weighted by Crippen LogP contribution is -2.47. The Bertz CT molecular complexity index is 268. The molecule has 2 N–H and O–H groups in total. The summed E-state index contributed by atoms with van der Waals surface area (Å²) in [4.78, 5) is 24.5. The SMILES string of the molecule is CC.CC.CCNC(=O)C[C@@H](C)C(O)[C@@H](C(C)=O)N(C)C. The van der Waals surface area contributed by atoms with E-state index in [-0.39, 0.29) is 24.0 Å². The van der Waals surface area contributed by atoms with E-state index in [2.05, 4.69) is 5.32 Å². The third-order valence-electron chi connectivity index (χ3n) is 2.76. The summed E-state index contributed by atoms with van der Waals surface area (Å²) in [7, 11) is 3.49. The van der Waals surface area contributed by atoms with Gasteiger partial charge in [0, 0.05) is 13.0 Å². The molecule has 0 saturated carbocycles. The van der Waals surface area contributed by atoms with Gasteiger partial charge < -0.3 is 10.4 Å². The highest BCUT2D eigenvalue weighted by Gasteiger charge is 2.30. The lowest BCUT2D eigenvalue weighted by atomic mass is 9.92. The number of Topliss-reactive ketones (excluding diaryl/α,β-unsaturated/α-hetero) is 1. The number of carbonyl (C=O) groups is 2. The van der Waals surface area contributed by atoms with Gasteiger partial charge in [0.1, 0.15) is 5.78 Å². The Labute approximate surface area is 131 Å². The van der Waals surface area contributed by atoms with E-state index in [1.54, 1.807) is 25.9 Å². The summed E-state index contributed by atoms with van der Waals surface area (Å²) in [5.74, 6) is -0.441. The van der Waals surface area contributed by atoms with Crippen molar-refractivity contribution in [2.24, 2.45) is 5.92 Å². The van der Waals surface area contributed by atoms with E-state index >= 15 is 0 Å². The average Bonchev–Trinajstić information content (AvgIpc) is 2.42. The van der Waals surface area contributed by atoms with Crippen LogP contribution in [-0.2, 0) is 9.59 Å². The van der Waals surface area contributed by atoms with Gasteiger partial charge >= 0.3 is 0 Å². The molecule has 0 aromatic carbocycles. The Kier molecular flexibility index (Phi) is 18.4. The van der Waals surface area contributed by atoms with E-state index in [9.17, 15) is 14.7 Å². The maximum absolute atomic E-state index is 11.4. The predicted molar refractivity (Wildman–Crippen MR) is 89.3 cm³/mol. The molecule has 3 atom stereocenters. The van der Waals surface area contributed by atoms with Gasteiger partial charge in [-0.3, -0.25) is 14.5 Å². The zero-order chi connectivity index (χ0) is 17.6. The van der Waals surface area contributed by atoms with Crippen molar-refractivity contribution in [1.29, 1.82) is 0 Å². The summed E-state index contributed by atoms with van der Waals surface area (Å²) >= 11 is 0. The highest BCUT2D eigenvalue weighted by Crippen LogP contribution is 2.15. The van der Waals surface area contributed by atoms with E-state index in [1.807, 2.05) is 34.6 Å². The minimum absolute atomic E-state index is 0.0924. The molecule has 0 heterocycles. The standard InChI is InChI=1S/C12H24N2O3.2C2H6/c1-6-13-10(16)7-8(2)12(17)11(9(3)15)14(4)5;2*1-2/h8,11-12,17H,6-7H2,1-5H3,(H,13,16);2*1-2H3/t8-,11-,12?;;/m1../s1. The molecule has 21 heavy (non-hydrogen) atoms. The van der Waals surface area contributed by atoms with Crippen LogP contribution in [0.1, 0.15) is 54.9 Å². The molecule has 5 heteroatoms. The quantitative estimate of drug-likeness (QED) is 0.755. The van der Waals surface area contributed by atoms with Crippen LogP contribution < -0.4 is 5.32 Å². The number of rotatable bonds is 7. The van der Waals surface area contributed by atoms with Gasteiger partial charge in [-0.25, -0.2) is 0 Å². The van der Waals surface area contributed by atoms with Crippen LogP contribution in [0.3, 0.4) is 0 Å². The summed E-state index contributed by atoms with van der Waals surface area (Å²) in [5.41, 5.74) is 0. The molecule has 1 amide bonds. The molecule has 5 nitrogen and oxygen atoms in total. The van der Waals surface area contributed by atoms with Crippen molar-refractivity contribution in [2.45, 2.75) is 67.0 Å². The topological polar surface area (TPSA) is 69.6 Å². The zero-order valence-corrected chi connectivity index (χ0v) is 15.4. The normalized spacial score (nSPS) is 13.9. The van der Waals surface area contributed by atoms with Gasteiger partial charge in [-0.05, 0) is 33.9 Å². The molecular formula is C16H36N2O3. The Morgan fingerprint density at radius 1 is 1.14 bits per heavy atom. The van der Waals surface area contributed by atoms with Gasteiger partial charge in [-0.15, -0.1) is 0 Å². The van der Waals surface area contributed by atoms with Crippen LogP contribution in [0, 0.1) is 5.92 Å². The van der Waals surface area contributed by atoms with Crippen molar-refractivity contribution in [3.8, 4) is 0 Å². The summed E-state index contributed by atoms with van der Waals surface area (Å²) in [6.45, 7) is 13.6. The van der Waals surface area contributed by atoms with Crippen molar-refractivity contribution in [3.63, 3.8) is 0 Å². The fourth-order valence-corrected chi connectivity index (χ4v) is 1.90. The van der Waals surface area contributed by atoms with Crippen molar-refractivity contribution in [3.05, 3.63) is 0 Å². The predicted octanol–water partition coefficient (Wildman–Crippen LogP) is 2.08. The van der Waals surface area contributed by atoms with Gasteiger partial charge in [0.2, 0.25) is 5.91 Å². The molecular weight excluding hydrogens is 268 g/mol. The Morgan fingerprint density at radius 2 is 1.57 bits per heavy atom. The van der Waals surface area contributed by atoms with Crippen LogP contribution in [0.4, 0.5) is 0 Å². The first kappa shape index (κ1) is 25.0. The largest absolute Gasteiger partial charge is 0.391 e. The van der Waals surface area contributed by atoms with Crippen molar-refractivity contribution in [1.82, 2.24) is 10.2 Å². The fraction of sp³-hybridized carbons (Fsp3) is 0.875. The van der Waals surface area contributed by atoms with E-state index in [0.717, 1.165) is 0 Å². The number of nitrogens with one attached hydrogen (secondary N) is 1. The van der Waals surface area contributed by atoms with E-state index in [1.165, 1.54) is 6.92 Å². The maximum atomic E-state index is 11.4. The highest BCUT2D eigenvalue weighted by atomic mass is 16.3. The summed E-state index contributed by atoms with van der Waals surface area (Å²) in [6.07, 6.45) is -0.600. The summed E-state index contributed by atoms with van der Waals surface area (Å²) in [6, 6.07) is -0.556. The summed E-state index contributed by atoms with van der Waals surface area (Å²) < 4.78 is 0. The van der Waals surface area contributed by atoms with Crippen LogP contribution in [-0.4, -0.2) is 54.5 Å². The molecule has 0 aliphatic carbocycles. The fourth-order valence-electron chi connectivity index (χ4n) is 1.90. The lowest BCUT2D eigenvalue weighted by molar-refractivity contribution is -0.129. The maximum Gasteiger partial charge on any atom is 0.220 e. The van der Waals surface area contributed by atoms with Crippen molar-refractivity contribution >= 4 is 11.7 Å². The number of aliphatic hydroxyl groups is 1. The number of hydrogen-bond donors (Lipinski definition) is 2. The number of carbonyl (C=O) groups excluding carboxylic acids is 2. The Balaban J connectivity index is -0.000000739. The number of aliphatic hydroxyl groups excluding tert-OH is 1. The second kappa shape index (κ2) is 15.4. The van der Waals surface area contributed by atoms with Gasteiger partial charge in [0.15, 0.2) is 0 Å². The molecule has 1 unspecified atom stereocenters. The smallest absolute Gasteiger partial charge is 0.220 e. The van der Waals surface area contributed by atoms with Crippen LogP contribution in [0.15, 0.2) is 0 Å². The number of amides is 1.